The fourth-order valence-corrected chi connectivity index (χ4v) is 1.49. The highest BCUT2D eigenvalue weighted by Gasteiger charge is 2.17. The highest BCUT2D eigenvalue weighted by atomic mass is 16.5. The summed E-state index contributed by atoms with van der Waals surface area (Å²) in [5, 5.41) is 13.8. The van der Waals surface area contributed by atoms with Crippen molar-refractivity contribution < 1.29 is 9.63 Å². The van der Waals surface area contributed by atoms with Crippen LogP contribution in [-0.2, 0) is 12.1 Å². The molecule has 0 aliphatic heterocycles. The van der Waals surface area contributed by atoms with Crippen molar-refractivity contribution in [2.75, 3.05) is 0 Å². The first-order valence-electron chi connectivity index (χ1n) is 5.36. The molecule has 1 aromatic carbocycles. The molecule has 0 aliphatic carbocycles. The molecule has 17 heavy (non-hydrogen) atoms. The van der Waals surface area contributed by atoms with Gasteiger partial charge in [0, 0.05) is 5.56 Å². The molecule has 0 spiro atoms. The van der Waals surface area contributed by atoms with Gasteiger partial charge in [0.1, 0.15) is 0 Å². The Morgan fingerprint density at radius 3 is 2.76 bits per heavy atom. The fraction of sp³-hybridized carbons (Fsp3) is 0.333. The Kier molecular flexibility index (Phi) is 2.95. The average molecular weight is 233 g/mol. The standard InChI is InChI=1S/C12H15N3O2/c1-12(2,16)9-5-3-4-8(6-9)11-14-10(7-13)17-15-11/h3-6,16H,7,13H2,1-2H3. The molecule has 0 bridgehead atoms. The van der Waals surface area contributed by atoms with Gasteiger partial charge in [-0.05, 0) is 25.5 Å². The van der Waals surface area contributed by atoms with Crippen molar-refractivity contribution in [1.82, 2.24) is 10.1 Å². The molecule has 0 aliphatic rings. The third-order valence-corrected chi connectivity index (χ3v) is 2.47. The van der Waals surface area contributed by atoms with E-state index in [0.717, 1.165) is 11.1 Å². The summed E-state index contributed by atoms with van der Waals surface area (Å²) >= 11 is 0. The zero-order chi connectivity index (χ0) is 12.5. The van der Waals surface area contributed by atoms with Crippen molar-refractivity contribution in [2.24, 2.45) is 5.73 Å². The summed E-state index contributed by atoms with van der Waals surface area (Å²) in [4.78, 5) is 4.14. The van der Waals surface area contributed by atoms with Crippen LogP contribution >= 0.6 is 0 Å². The Morgan fingerprint density at radius 1 is 1.41 bits per heavy atom. The highest BCUT2D eigenvalue weighted by Crippen LogP contribution is 2.24. The molecule has 1 aromatic heterocycles. The number of rotatable bonds is 3. The van der Waals surface area contributed by atoms with Crippen LogP contribution in [0.3, 0.4) is 0 Å². The molecule has 0 radical (unpaired) electrons. The van der Waals surface area contributed by atoms with Gasteiger partial charge in [0.2, 0.25) is 11.7 Å². The maximum absolute atomic E-state index is 9.93. The molecular weight excluding hydrogens is 218 g/mol. The maximum atomic E-state index is 9.93. The van der Waals surface area contributed by atoms with Crippen LogP contribution in [0.2, 0.25) is 0 Å². The molecule has 1 heterocycles. The number of nitrogens with zero attached hydrogens (tertiary/aromatic N) is 2. The Hall–Kier alpha value is -1.72. The van der Waals surface area contributed by atoms with Gasteiger partial charge >= 0.3 is 0 Å². The molecule has 0 amide bonds. The summed E-state index contributed by atoms with van der Waals surface area (Å²) in [6, 6.07) is 7.40. The molecule has 0 saturated heterocycles. The molecular formula is C12H15N3O2. The van der Waals surface area contributed by atoms with Crippen LogP contribution in [0.1, 0.15) is 25.3 Å². The van der Waals surface area contributed by atoms with Gasteiger partial charge < -0.3 is 15.4 Å². The van der Waals surface area contributed by atoms with E-state index in [1.54, 1.807) is 13.8 Å². The van der Waals surface area contributed by atoms with Crippen molar-refractivity contribution in [3.05, 3.63) is 35.7 Å². The summed E-state index contributed by atoms with van der Waals surface area (Å²) < 4.78 is 4.95. The second kappa shape index (κ2) is 4.27. The van der Waals surface area contributed by atoms with Gasteiger partial charge in [-0.3, -0.25) is 0 Å². The molecule has 2 rings (SSSR count). The van der Waals surface area contributed by atoms with E-state index < -0.39 is 5.60 Å². The van der Waals surface area contributed by atoms with E-state index in [1.165, 1.54) is 0 Å². The lowest BCUT2D eigenvalue weighted by atomic mass is 9.96. The van der Waals surface area contributed by atoms with Crippen molar-refractivity contribution >= 4 is 0 Å². The number of benzene rings is 1. The van der Waals surface area contributed by atoms with E-state index in [1.807, 2.05) is 24.3 Å². The zero-order valence-corrected chi connectivity index (χ0v) is 9.84. The van der Waals surface area contributed by atoms with Gasteiger partial charge in [-0.2, -0.15) is 4.98 Å². The highest BCUT2D eigenvalue weighted by molar-refractivity contribution is 5.55. The van der Waals surface area contributed by atoms with Gasteiger partial charge in [0.05, 0.1) is 12.1 Å². The van der Waals surface area contributed by atoms with Gasteiger partial charge in [-0.1, -0.05) is 23.4 Å². The van der Waals surface area contributed by atoms with Crippen LogP contribution in [0.4, 0.5) is 0 Å². The summed E-state index contributed by atoms with van der Waals surface area (Å²) in [6.45, 7) is 3.68. The Morgan fingerprint density at radius 2 is 2.18 bits per heavy atom. The van der Waals surface area contributed by atoms with Crippen molar-refractivity contribution in [2.45, 2.75) is 26.0 Å². The lowest BCUT2D eigenvalue weighted by Gasteiger charge is -2.17. The van der Waals surface area contributed by atoms with Crippen molar-refractivity contribution in [1.29, 1.82) is 0 Å². The summed E-state index contributed by atoms with van der Waals surface area (Å²) in [5.41, 5.74) is 6.11. The average Bonchev–Trinajstić information content (AvgIpc) is 2.76. The summed E-state index contributed by atoms with van der Waals surface area (Å²) in [7, 11) is 0. The van der Waals surface area contributed by atoms with E-state index in [-0.39, 0.29) is 6.54 Å². The minimum absolute atomic E-state index is 0.220. The van der Waals surface area contributed by atoms with Gasteiger partial charge in [0.25, 0.3) is 0 Å². The molecule has 0 saturated carbocycles. The molecule has 0 unspecified atom stereocenters. The van der Waals surface area contributed by atoms with E-state index in [4.69, 9.17) is 10.3 Å². The van der Waals surface area contributed by atoms with Crippen LogP contribution in [0.15, 0.2) is 28.8 Å². The number of aromatic nitrogens is 2. The Balaban J connectivity index is 2.39. The summed E-state index contributed by atoms with van der Waals surface area (Å²) in [5.74, 6) is 0.880. The third kappa shape index (κ3) is 2.51. The molecule has 0 fully saturated rings. The topological polar surface area (TPSA) is 85.2 Å². The minimum atomic E-state index is -0.892. The first kappa shape index (κ1) is 11.8. The van der Waals surface area contributed by atoms with Crippen molar-refractivity contribution in [3.63, 3.8) is 0 Å². The van der Waals surface area contributed by atoms with E-state index in [2.05, 4.69) is 10.1 Å². The molecule has 3 N–H and O–H groups in total. The predicted octanol–water partition coefficient (Wildman–Crippen LogP) is 1.42. The van der Waals surface area contributed by atoms with Gasteiger partial charge in [0.15, 0.2) is 0 Å². The number of hydrogen-bond acceptors (Lipinski definition) is 5. The second-order valence-electron chi connectivity index (χ2n) is 4.36. The van der Waals surface area contributed by atoms with Crippen molar-refractivity contribution in [3.8, 4) is 11.4 Å². The van der Waals surface area contributed by atoms with Gasteiger partial charge in [-0.15, -0.1) is 0 Å². The molecule has 90 valence electrons. The first-order valence-corrected chi connectivity index (χ1v) is 5.36. The monoisotopic (exact) mass is 233 g/mol. The smallest absolute Gasteiger partial charge is 0.240 e. The van der Waals surface area contributed by atoms with Crippen LogP contribution in [0, 0.1) is 0 Å². The number of hydrogen-bond donors (Lipinski definition) is 2. The zero-order valence-electron chi connectivity index (χ0n) is 9.84. The van der Waals surface area contributed by atoms with Crippen LogP contribution in [0.25, 0.3) is 11.4 Å². The minimum Gasteiger partial charge on any atom is -0.386 e. The maximum Gasteiger partial charge on any atom is 0.240 e. The largest absolute Gasteiger partial charge is 0.386 e. The molecule has 5 nitrogen and oxygen atoms in total. The Labute approximate surface area is 99.3 Å². The first-order chi connectivity index (χ1) is 8.00. The fourth-order valence-electron chi connectivity index (χ4n) is 1.49. The van der Waals surface area contributed by atoms with Crippen LogP contribution in [0.5, 0.6) is 0 Å². The lowest BCUT2D eigenvalue weighted by molar-refractivity contribution is 0.0786. The third-order valence-electron chi connectivity index (χ3n) is 2.47. The number of aliphatic hydroxyl groups is 1. The SMILES string of the molecule is CC(C)(O)c1cccc(-c2noc(CN)n2)c1. The number of nitrogens with two attached hydrogens (primary N) is 1. The van der Waals surface area contributed by atoms with E-state index in [9.17, 15) is 5.11 Å². The van der Waals surface area contributed by atoms with E-state index >= 15 is 0 Å². The predicted molar refractivity (Wildman–Crippen MR) is 62.9 cm³/mol. The normalized spacial score (nSPS) is 11.8. The molecule has 5 heteroatoms. The lowest BCUT2D eigenvalue weighted by Crippen LogP contribution is -2.15. The summed E-state index contributed by atoms with van der Waals surface area (Å²) in [6.07, 6.45) is 0. The second-order valence-corrected chi connectivity index (χ2v) is 4.36. The van der Waals surface area contributed by atoms with Crippen LogP contribution in [-0.4, -0.2) is 15.2 Å². The molecule has 2 aromatic rings. The van der Waals surface area contributed by atoms with E-state index in [0.29, 0.717) is 11.7 Å². The molecule has 0 atom stereocenters. The quantitative estimate of drug-likeness (QED) is 0.837. The Bertz CT molecular complexity index is 514. The van der Waals surface area contributed by atoms with Gasteiger partial charge in [-0.25, -0.2) is 0 Å². The van der Waals surface area contributed by atoms with Crippen LogP contribution < -0.4 is 5.73 Å².